The summed E-state index contributed by atoms with van der Waals surface area (Å²) in [5.41, 5.74) is 1.42. The second-order valence-electron chi connectivity index (χ2n) is 5.90. The second kappa shape index (κ2) is 7.24. The van der Waals surface area contributed by atoms with Crippen LogP contribution < -0.4 is 10.1 Å². The molecular formula is C15H21N7O2. The van der Waals surface area contributed by atoms with E-state index in [4.69, 9.17) is 4.74 Å². The fourth-order valence-corrected chi connectivity index (χ4v) is 2.92. The number of aryl methyl sites for hydroxylation is 1. The van der Waals surface area contributed by atoms with Gasteiger partial charge in [0.05, 0.1) is 18.5 Å². The van der Waals surface area contributed by atoms with Gasteiger partial charge in [0.25, 0.3) is 0 Å². The molecule has 24 heavy (non-hydrogen) atoms. The number of nitrogens with one attached hydrogen (secondary N) is 2. The van der Waals surface area contributed by atoms with E-state index in [1.807, 2.05) is 11.8 Å². The SMILES string of the molecule is COc1ccc(NC(=O)N2CCCC(Cc3nn[nH]n3)C2)c(C)n1. The molecule has 3 rings (SSSR count). The highest BCUT2D eigenvalue weighted by molar-refractivity contribution is 5.90. The quantitative estimate of drug-likeness (QED) is 0.876. The van der Waals surface area contributed by atoms with Crippen LogP contribution in [0.15, 0.2) is 12.1 Å². The van der Waals surface area contributed by atoms with Crippen LogP contribution in [0.3, 0.4) is 0 Å². The summed E-state index contributed by atoms with van der Waals surface area (Å²) in [6.45, 7) is 3.27. The molecule has 0 spiro atoms. The normalized spacial score (nSPS) is 17.6. The van der Waals surface area contributed by atoms with E-state index < -0.39 is 0 Å². The van der Waals surface area contributed by atoms with Crippen molar-refractivity contribution in [2.24, 2.45) is 5.92 Å². The molecule has 0 radical (unpaired) electrons. The number of nitrogens with zero attached hydrogens (tertiary/aromatic N) is 5. The Bertz CT molecular complexity index is 689. The first-order valence-electron chi connectivity index (χ1n) is 7.95. The summed E-state index contributed by atoms with van der Waals surface area (Å²) in [6, 6.07) is 3.43. The van der Waals surface area contributed by atoms with E-state index in [0.29, 0.717) is 29.9 Å². The summed E-state index contributed by atoms with van der Waals surface area (Å²) in [6.07, 6.45) is 2.75. The van der Waals surface area contributed by atoms with Crippen LogP contribution in [0.25, 0.3) is 0 Å². The van der Waals surface area contributed by atoms with E-state index >= 15 is 0 Å². The second-order valence-corrected chi connectivity index (χ2v) is 5.90. The maximum Gasteiger partial charge on any atom is 0.321 e. The molecule has 3 heterocycles. The summed E-state index contributed by atoms with van der Waals surface area (Å²) in [5, 5.41) is 16.9. The zero-order chi connectivity index (χ0) is 16.9. The number of methoxy groups -OCH3 is 1. The number of urea groups is 1. The molecule has 1 saturated heterocycles. The number of anilines is 1. The standard InChI is InChI=1S/C15H21N7O2/c1-10-12(5-6-14(16-10)24-2)17-15(23)22-7-3-4-11(9-22)8-13-18-20-21-19-13/h5-6,11H,3-4,7-9H2,1-2H3,(H,17,23)(H,18,19,20,21). The van der Waals surface area contributed by atoms with E-state index in [9.17, 15) is 4.79 Å². The minimum atomic E-state index is -0.108. The van der Waals surface area contributed by atoms with Gasteiger partial charge in [-0.2, -0.15) is 5.21 Å². The lowest BCUT2D eigenvalue weighted by atomic mass is 9.95. The van der Waals surface area contributed by atoms with E-state index in [1.54, 1.807) is 19.2 Å². The summed E-state index contributed by atoms with van der Waals surface area (Å²) in [7, 11) is 1.57. The first kappa shape index (κ1) is 16.2. The monoisotopic (exact) mass is 331 g/mol. The number of H-pyrrole nitrogens is 1. The number of likely N-dealkylation sites (tertiary alicyclic amines) is 1. The van der Waals surface area contributed by atoms with Gasteiger partial charge in [0.15, 0.2) is 5.82 Å². The lowest BCUT2D eigenvalue weighted by Crippen LogP contribution is -2.43. The van der Waals surface area contributed by atoms with Gasteiger partial charge in [0.1, 0.15) is 0 Å². The van der Waals surface area contributed by atoms with Gasteiger partial charge in [-0.1, -0.05) is 5.21 Å². The number of carbonyl (C=O) groups is 1. The number of hydrogen-bond donors (Lipinski definition) is 2. The molecule has 1 fully saturated rings. The topological polar surface area (TPSA) is 109 Å². The van der Waals surface area contributed by atoms with E-state index in [0.717, 1.165) is 31.5 Å². The van der Waals surface area contributed by atoms with E-state index in [1.165, 1.54) is 0 Å². The molecule has 2 aromatic rings. The third-order valence-corrected chi connectivity index (χ3v) is 4.18. The first-order chi connectivity index (χ1) is 11.7. The number of piperidine rings is 1. The minimum Gasteiger partial charge on any atom is -0.481 e. The molecular weight excluding hydrogens is 310 g/mol. The molecule has 0 aromatic carbocycles. The summed E-state index contributed by atoms with van der Waals surface area (Å²) >= 11 is 0. The van der Waals surface area contributed by atoms with Gasteiger partial charge < -0.3 is 15.0 Å². The van der Waals surface area contributed by atoms with Crippen LogP contribution in [0.4, 0.5) is 10.5 Å². The number of rotatable bonds is 4. The maximum absolute atomic E-state index is 12.5. The predicted octanol–water partition coefficient (Wildman–Crippen LogP) is 1.40. The van der Waals surface area contributed by atoms with Gasteiger partial charge in [-0.3, -0.25) is 0 Å². The van der Waals surface area contributed by atoms with Crippen molar-refractivity contribution in [3.63, 3.8) is 0 Å². The van der Waals surface area contributed by atoms with Crippen LogP contribution in [0, 0.1) is 12.8 Å². The molecule has 1 aliphatic heterocycles. The summed E-state index contributed by atoms with van der Waals surface area (Å²) in [4.78, 5) is 18.6. The predicted molar refractivity (Wildman–Crippen MR) is 86.7 cm³/mol. The molecule has 1 aliphatic rings. The maximum atomic E-state index is 12.5. The van der Waals surface area contributed by atoms with Gasteiger partial charge in [-0.25, -0.2) is 9.78 Å². The average Bonchev–Trinajstić information content (AvgIpc) is 3.09. The molecule has 0 bridgehead atoms. The zero-order valence-corrected chi connectivity index (χ0v) is 13.8. The minimum absolute atomic E-state index is 0.108. The molecule has 2 aromatic heterocycles. The number of aromatic amines is 1. The van der Waals surface area contributed by atoms with Crippen LogP contribution in [0.2, 0.25) is 0 Å². The van der Waals surface area contributed by atoms with Crippen molar-refractivity contribution < 1.29 is 9.53 Å². The number of hydrogen-bond acceptors (Lipinski definition) is 6. The molecule has 9 heteroatoms. The molecule has 1 unspecified atom stereocenters. The van der Waals surface area contributed by atoms with Gasteiger partial charge in [0.2, 0.25) is 5.88 Å². The van der Waals surface area contributed by atoms with Crippen LogP contribution >= 0.6 is 0 Å². The lowest BCUT2D eigenvalue weighted by molar-refractivity contribution is 0.176. The average molecular weight is 331 g/mol. The zero-order valence-electron chi connectivity index (χ0n) is 13.8. The number of aromatic nitrogens is 5. The Morgan fingerprint density at radius 3 is 3.08 bits per heavy atom. The van der Waals surface area contributed by atoms with Crippen molar-refractivity contribution in [1.29, 1.82) is 0 Å². The van der Waals surface area contributed by atoms with Gasteiger partial charge in [-0.15, -0.1) is 10.2 Å². The molecule has 9 nitrogen and oxygen atoms in total. The highest BCUT2D eigenvalue weighted by atomic mass is 16.5. The van der Waals surface area contributed by atoms with Crippen LogP contribution in [0.5, 0.6) is 5.88 Å². The molecule has 128 valence electrons. The van der Waals surface area contributed by atoms with Crippen molar-refractivity contribution in [3.05, 3.63) is 23.7 Å². The van der Waals surface area contributed by atoms with Crippen molar-refractivity contribution >= 4 is 11.7 Å². The third-order valence-electron chi connectivity index (χ3n) is 4.18. The molecule has 2 amide bonds. The molecule has 2 N–H and O–H groups in total. The number of pyridine rings is 1. The number of amides is 2. The first-order valence-corrected chi connectivity index (χ1v) is 7.95. The third kappa shape index (κ3) is 3.79. The van der Waals surface area contributed by atoms with Crippen molar-refractivity contribution in [2.45, 2.75) is 26.2 Å². The van der Waals surface area contributed by atoms with Gasteiger partial charge >= 0.3 is 6.03 Å². The van der Waals surface area contributed by atoms with Crippen molar-refractivity contribution in [3.8, 4) is 5.88 Å². The fraction of sp³-hybridized carbons (Fsp3) is 0.533. The molecule has 0 aliphatic carbocycles. The van der Waals surface area contributed by atoms with E-state index in [2.05, 4.69) is 30.9 Å². The van der Waals surface area contributed by atoms with Gasteiger partial charge in [0, 0.05) is 25.6 Å². The van der Waals surface area contributed by atoms with Crippen molar-refractivity contribution in [2.75, 3.05) is 25.5 Å². The Morgan fingerprint density at radius 2 is 2.38 bits per heavy atom. The van der Waals surface area contributed by atoms with Crippen molar-refractivity contribution in [1.82, 2.24) is 30.5 Å². The largest absolute Gasteiger partial charge is 0.481 e. The fourth-order valence-electron chi connectivity index (χ4n) is 2.92. The van der Waals surface area contributed by atoms with E-state index in [-0.39, 0.29) is 6.03 Å². The summed E-state index contributed by atoms with van der Waals surface area (Å²) in [5.74, 6) is 1.57. The summed E-state index contributed by atoms with van der Waals surface area (Å²) < 4.78 is 5.08. The number of tetrazole rings is 1. The number of ether oxygens (including phenoxy) is 1. The smallest absolute Gasteiger partial charge is 0.321 e. The Hall–Kier alpha value is -2.71. The number of carbonyl (C=O) groups excluding carboxylic acids is 1. The van der Waals surface area contributed by atoms with Gasteiger partial charge in [-0.05, 0) is 31.7 Å². The Labute approximate surface area is 139 Å². The highest BCUT2D eigenvalue weighted by Crippen LogP contribution is 2.21. The Kier molecular flexibility index (Phi) is 4.88. The molecule has 1 atom stereocenters. The van der Waals surface area contributed by atoms with Crippen LogP contribution in [0.1, 0.15) is 24.4 Å². The van der Waals surface area contributed by atoms with Crippen LogP contribution in [-0.2, 0) is 6.42 Å². The lowest BCUT2D eigenvalue weighted by Gasteiger charge is -2.32. The Morgan fingerprint density at radius 1 is 1.50 bits per heavy atom. The Balaban J connectivity index is 1.60. The molecule has 0 saturated carbocycles. The highest BCUT2D eigenvalue weighted by Gasteiger charge is 2.25. The van der Waals surface area contributed by atoms with Crippen LogP contribution in [-0.4, -0.2) is 56.7 Å².